The molecule has 0 radical (unpaired) electrons. The number of aliphatic hydroxyl groups excluding tert-OH is 2. The van der Waals surface area contributed by atoms with Crippen molar-refractivity contribution < 1.29 is 30.0 Å². The standard InChI is InChI=1S/C4H6N4.C4H6O6/c5-3-1-2-7-4(6)8-3;5-1(3(7)8)2(6)4(9)10/h1-2H,(H4,5,6,7,8);1-2,5-6H,(H,7,8)(H,9,10). The molecule has 0 aliphatic carbocycles. The predicted octanol–water partition coefficient (Wildman–Crippen LogP) is -2.48. The van der Waals surface area contributed by atoms with Crippen LogP contribution < -0.4 is 11.5 Å². The number of nitrogens with zero attached hydrogens (tertiary/aromatic N) is 2. The highest BCUT2D eigenvalue weighted by Crippen LogP contribution is 1.94. The third kappa shape index (κ3) is 5.58. The van der Waals surface area contributed by atoms with Crippen LogP contribution in [0.4, 0.5) is 11.8 Å². The van der Waals surface area contributed by atoms with Gasteiger partial charge in [-0.25, -0.2) is 14.6 Å². The largest absolute Gasteiger partial charge is 0.479 e. The van der Waals surface area contributed by atoms with Gasteiger partial charge in [-0.15, -0.1) is 0 Å². The maximum atomic E-state index is 9.77. The van der Waals surface area contributed by atoms with Gasteiger partial charge in [0.2, 0.25) is 5.95 Å². The summed E-state index contributed by atoms with van der Waals surface area (Å²) in [7, 11) is 0. The fourth-order valence-corrected chi connectivity index (χ4v) is 0.659. The van der Waals surface area contributed by atoms with Gasteiger partial charge in [0.05, 0.1) is 0 Å². The SMILES string of the molecule is Nc1ccnc(N)n1.O=C(O)C(O)C(O)C(=O)O. The summed E-state index contributed by atoms with van der Waals surface area (Å²) in [6.07, 6.45) is -3.02. The Labute approximate surface area is 101 Å². The van der Waals surface area contributed by atoms with Crippen LogP contribution in [0.3, 0.4) is 0 Å². The van der Waals surface area contributed by atoms with E-state index >= 15 is 0 Å². The van der Waals surface area contributed by atoms with Gasteiger partial charge in [-0.05, 0) is 6.07 Å². The van der Waals surface area contributed by atoms with E-state index in [9.17, 15) is 9.59 Å². The maximum absolute atomic E-state index is 9.77. The van der Waals surface area contributed by atoms with E-state index in [4.69, 9.17) is 31.9 Å². The van der Waals surface area contributed by atoms with Crippen molar-refractivity contribution >= 4 is 23.7 Å². The maximum Gasteiger partial charge on any atom is 0.335 e. The lowest BCUT2D eigenvalue weighted by molar-refractivity contribution is -0.165. The summed E-state index contributed by atoms with van der Waals surface area (Å²) in [5.74, 6) is -2.92. The number of aromatic nitrogens is 2. The minimum Gasteiger partial charge on any atom is -0.479 e. The second kappa shape index (κ2) is 6.98. The van der Waals surface area contributed by atoms with Crippen LogP contribution in [0, 0.1) is 0 Å². The van der Waals surface area contributed by atoms with E-state index in [-0.39, 0.29) is 5.95 Å². The minimum absolute atomic E-state index is 0.213. The number of nitrogens with two attached hydrogens (primary N) is 2. The van der Waals surface area contributed by atoms with Crippen LogP contribution in [0.2, 0.25) is 0 Å². The molecule has 0 aromatic carbocycles. The fraction of sp³-hybridized carbons (Fsp3) is 0.250. The van der Waals surface area contributed by atoms with Crippen LogP contribution in [0.15, 0.2) is 12.3 Å². The zero-order valence-corrected chi connectivity index (χ0v) is 8.96. The number of carbonyl (C=O) groups is 2. The van der Waals surface area contributed by atoms with Crippen molar-refractivity contribution in [2.75, 3.05) is 11.5 Å². The van der Waals surface area contributed by atoms with Crippen LogP contribution >= 0.6 is 0 Å². The predicted molar refractivity (Wildman–Crippen MR) is 58.1 cm³/mol. The molecule has 18 heavy (non-hydrogen) atoms. The van der Waals surface area contributed by atoms with Crippen LogP contribution in [0.1, 0.15) is 0 Å². The van der Waals surface area contributed by atoms with Crippen molar-refractivity contribution in [1.29, 1.82) is 0 Å². The molecule has 0 amide bonds. The van der Waals surface area contributed by atoms with E-state index in [1.54, 1.807) is 6.07 Å². The molecule has 1 aromatic rings. The van der Waals surface area contributed by atoms with E-state index in [0.717, 1.165) is 0 Å². The second-order valence-corrected chi connectivity index (χ2v) is 2.91. The molecule has 10 nitrogen and oxygen atoms in total. The molecule has 0 saturated heterocycles. The van der Waals surface area contributed by atoms with Crippen LogP contribution in [0.25, 0.3) is 0 Å². The number of rotatable bonds is 3. The molecule has 0 fully saturated rings. The van der Waals surface area contributed by atoms with Crippen LogP contribution in [0.5, 0.6) is 0 Å². The zero-order valence-electron chi connectivity index (χ0n) is 8.96. The lowest BCUT2D eigenvalue weighted by Crippen LogP contribution is -2.39. The summed E-state index contributed by atoms with van der Waals surface area (Å²) in [6, 6.07) is 1.58. The topological polar surface area (TPSA) is 193 Å². The summed E-state index contributed by atoms with van der Waals surface area (Å²) in [4.78, 5) is 26.8. The molecular formula is C8H12N4O6. The van der Waals surface area contributed by atoms with Gasteiger partial charge in [0.25, 0.3) is 0 Å². The van der Waals surface area contributed by atoms with Crippen molar-refractivity contribution in [2.24, 2.45) is 0 Å². The van der Waals surface area contributed by atoms with Gasteiger partial charge in [-0.1, -0.05) is 0 Å². The number of nitrogen functional groups attached to an aromatic ring is 2. The van der Waals surface area contributed by atoms with E-state index < -0.39 is 24.1 Å². The zero-order chi connectivity index (χ0) is 14.3. The first kappa shape index (κ1) is 15.5. The monoisotopic (exact) mass is 260 g/mol. The highest BCUT2D eigenvalue weighted by molar-refractivity contribution is 5.83. The number of hydrogen-bond donors (Lipinski definition) is 6. The lowest BCUT2D eigenvalue weighted by atomic mass is 10.2. The Morgan fingerprint density at radius 1 is 1.11 bits per heavy atom. The molecule has 0 spiro atoms. The molecule has 8 N–H and O–H groups in total. The Morgan fingerprint density at radius 3 is 1.78 bits per heavy atom. The van der Waals surface area contributed by atoms with Gasteiger partial charge in [0, 0.05) is 6.20 Å². The Balaban J connectivity index is 0.000000327. The number of aliphatic carboxylic acids is 2. The molecular weight excluding hydrogens is 248 g/mol. The summed E-state index contributed by atoms with van der Waals surface area (Å²) < 4.78 is 0. The summed E-state index contributed by atoms with van der Waals surface area (Å²) in [5, 5.41) is 32.5. The van der Waals surface area contributed by atoms with Gasteiger partial charge in [-0.3, -0.25) is 0 Å². The van der Waals surface area contributed by atoms with Crippen LogP contribution in [-0.2, 0) is 9.59 Å². The first-order valence-corrected chi connectivity index (χ1v) is 4.41. The minimum atomic E-state index is -2.27. The van der Waals surface area contributed by atoms with Crippen molar-refractivity contribution in [3.05, 3.63) is 12.3 Å². The van der Waals surface area contributed by atoms with Crippen molar-refractivity contribution in [1.82, 2.24) is 9.97 Å². The molecule has 2 unspecified atom stereocenters. The molecule has 0 bridgehead atoms. The summed E-state index contributed by atoms with van der Waals surface area (Å²) >= 11 is 0. The molecule has 100 valence electrons. The average Bonchev–Trinajstić information content (AvgIpc) is 2.27. The number of hydrogen-bond acceptors (Lipinski definition) is 8. The Morgan fingerprint density at radius 2 is 1.56 bits per heavy atom. The second-order valence-electron chi connectivity index (χ2n) is 2.91. The third-order valence-electron chi connectivity index (χ3n) is 1.50. The average molecular weight is 260 g/mol. The van der Waals surface area contributed by atoms with E-state index in [1.807, 2.05) is 0 Å². The van der Waals surface area contributed by atoms with Gasteiger partial charge >= 0.3 is 11.9 Å². The number of anilines is 2. The Kier molecular flexibility index (Phi) is 6.03. The summed E-state index contributed by atoms with van der Waals surface area (Å²) in [6.45, 7) is 0. The number of carboxylic acids is 2. The van der Waals surface area contributed by atoms with Gasteiger partial charge in [-0.2, -0.15) is 4.98 Å². The summed E-state index contributed by atoms with van der Waals surface area (Å²) in [5.41, 5.74) is 10.4. The molecule has 2 atom stereocenters. The molecule has 10 heteroatoms. The van der Waals surface area contributed by atoms with E-state index in [2.05, 4.69) is 9.97 Å². The van der Waals surface area contributed by atoms with Gasteiger partial charge in [0.15, 0.2) is 12.2 Å². The van der Waals surface area contributed by atoms with E-state index in [1.165, 1.54) is 6.20 Å². The number of aliphatic hydroxyl groups is 2. The number of carboxylic acid groups (broad SMARTS) is 2. The first-order chi connectivity index (χ1) is 8.25. The smallest absolute Gasteiger partial charge is 0.335 e. The highest BCUT2D eigenvalue weighted by Gasteiger charge is 2.29. The molecule has 0 aliphatic rings. The van der Waals surface area contributed by atoms with Crippen LogP contribution in [-0.4, -0.2) is 54.5 Å². The van der Waals surface area contributed by atoms with E-state index in [0.29, 0.717) is 5.82 Å². The quantitative estimate of drug-likeness (QED) is 0.338. The fourth-order valence-electron chi connectivity index (χ4n) is 0.659. The molecule has 1 aromatic heterocycles. The van der Waals surface area contributed by atoms with Crippen molar-refractivity contribution in [3.63, 3.8) is 0 Å². The normalized spacial score (nSPS) is 12.8. The molecule has 0 aliphatic heterocycles. The first-order valence-electron chi connectivity index (χ1n) is 4.41. The van der Waals surface area contributed by atoms with Gasteiger partial charge < -0.3 is 31.9 Å². The van der Waals surface area contributed by atoms with Crippen molar-refractivity contribution in [3.8, 4) is 0 Å². The molecule has 1 rings (SSSR count). The van der Waals surface area contributed by atoms with Crippen molar-refractivity contribution in [2.45, 2.75) is 12.2 Å². The third-order valence-corrected chi connectivity index (χ3v) is 1.50. The molecule has 1 heterocycles. The Hall–Kier alpha value is -2.46. The molecule has 0 saturated carbocycles. The Bertz CT molecular complexity index is 391. The highest BCUT2D eigenvalue weighted by atomic mass is 16.4. The van der Waals surface area contributed by atoms with Gasteiger partial charge in [0.1, 0.15) is 5.82 Å². The lowest BCUT2D eigenvalue weighted by Gasteiger charge is -2.07.